The first-order valence-corrected chi connectivity index (χ1v) is 4.78. The lowest BCUT2D eigenvalue weighted by atomic mass is 10.0. The molecule has 0 N–H and O–H groups in total. The lowest BCUT2D eigenvalue weighted by Crippen LogP contribution is -2.24. The second-order valence-electron chi connectivity index (χ2n) is 3.20. The zero-order valence-corrected chi connectivity index (χ0v) is 9.49. The van der Waals surface area contributed by atoms with E-state index in [2.05, 4.69) is 6.58 Å². The van der Waals surface area contributed by atoms with Gasteiger partial charge in [0.25, 0.3) is 5.91 Å². The van der Waals surface area contributed by atoms with Gasteiger partial charge in [-0.05, 0) is 12.5 Å². The van der Waals surface area contributed by atoms with E-state index in [1.165, 1.54) is 11.0 Å². The quantitative estimate of drug-likeness (QED) is 0.391. The maximum Gasteiger partial charge on any atom is 0.254 e. The fraction of sp³-hybridized carbons (Fsp3) is 0.333. The average Bonchev–Trinajstić information content (AvgIpc) is 2.22. The molecule has 82 valence electrons. The molecule has 0 aromatic rings. The van der Waals surface area contributed by atoms with Crippen molar-refractivity contribution in [3.63, 3.8) is 0 Å². The molecule has 0 saturated carbocycles. The van der Waals surface area contributed by atoms with Gasteiger partial charge in [-0.2, -0.15) is 0 Å². The normalized spacial score (nSPS) is 12.2. The van der Waals surface area contributed by atoms with Crippen LogP contribution in [-0.4, -0.2) is 31.2 Å². The van der Waals surface area contributed by atoms with Crippen molar-refractivity contribution in [2.75, 3.05) is 14.1 Å². The number of amides is 1. The minimum Gasteiger partial charge on any atom is -0.345 e. The third kappa shape index (κ3) is 3.94. The van der Waals surface area contributed by atoms with E-state index in [9.17, 15) is 9.59 Å². The molecule has 0 aromatic carbocycles. The van der Waals surface area contributed by atoms with Crippen LogP contribution in [0.2, 0.25) is 0 Å². The van der Waals surface area contributed by atoms with Crippen LogP contribution in [-0.2, 0) is 9.59 Å². The minimum absolute atomic E-state index is 0.193. The fourth-order valence-corrected chi connectivity index (χ4v) is 1.09. The van der Waals surface area contributed by atoms with Crippen molar-refractivity contribution in [1.29, 1.82) is 0 Å². The molecule has 0 spiro atoms. The van der Waals surface area contributed by atoms with Crippen molar-refractivity contribution in [2.45, 2.75) is 13.3 Å². The summed E-state index contributed by atoms with van der Waals surface area (Å²) in [6, 6.07) is 0. The van der Waals surface area contributed by atoms with Crippen LogP contribution in [0.25, 0.3) is 0 Å². The number of aldehydes is 1. The average molecular weight is 207 g/mol. The second-order valence-corrected chi connectivity index (χ2v) is 3.20. The Kier molecular flexibility index (Phi) is 6.02. The van der Waals surface area contributed by atoms with Crippen LogP contribution in [0, 0.1) is 0 Å². The first-order chi connectivity index (χ1) is 7.08. The molecule has 0 atom stereocenters. The summed E-state index contributed by atoms with van der Waals surface area (Å²) >= 11 is 0. The Hall–Kier alpha value is -1.64. The molecule has 3 heteroatoms. The molecule has 1 amide bonds. The summed E-state index contributed by atoms with van der Waals surface area (Å²) in [5.41, 5.74) is 0.794. The lowest BCUT2D eigenvalue weighted by molar-refractivity contribution is -0.124. The molecule has 0 saturated heterocycles. The molecule has 0 aromatic heterocycles. The van der Waals surface area contributed by atoms with Gasteiger partial charge < -0.3 is 4.90 Å². The van der Waals surface area contributed by atoms with E-state index >= 15 is 0 Å². The van der Waals surface area contributed by atoms with Crippen molar-refractivity contribution in [2.24, 2.45) is 0 Å². The molecule has 0 aliphatic heterocycles. The smallest absolute Gasteiger partial charge is 0.254 e. The predicted octanol–water partition coefficient (Wildman–Crippen LogP) is 1.72. The first kappa shape index (κ1) is 13.4. The van der Waals surface area contributed by atoms with Gasteiger partial charge >= 0.3 is 0 Å². The summed E-state index contributed by atoms with van der Waals surface area (Å²) in [7, 11) is 3.29. The van der Waals surface area contributed by atoms with Gasteiger partial charge in [0.05, 0.1) is 0 Å². The van der Waals surface area contributed by atoms with Gasteiger partial charge in [-0.1, -0.05) is 25.7 Å². The Labute approximate surface area is 90.8 Å². The number of carbonyl (C=O) groups is 2. The van der Waals surface area contributed by atoms with Gasteiger partial charge in [0.15, 0.2) is 6.29 Å². The summed E-state index contributed by atoms with van der Waals surface area (Å²) in [6.07, 6.45) is 6.19. The van der Waals surface area contributed by atoms with E-state index in [1.807, 2.05) is 6.92 Å². The van der Waals surface area contributed by atoms with Crippen molar-refractivity contribution < 1.29 is 9.59 Å². The Morgan fingerprint density at radius 2 is 2.00 bits per heavy atom. The van der Waals surface area contributed by atoms with Crippen LogP contribution >= 0.6 is 0 Å². The highest BCUT2D eigenvalue weighted by Crippen LogP contribution is 2.11. The largest absolute Gasteiger partial charge is 0.345 e. The molecular formula is C12H17NO2. The van der Waals surface area contributed by atoms with Crippen LogP contribution in [0.15, 0.2) is 36.0 Å². The fourth-order valence-electron chi connectivity index (χ4n) is 1.09. The number of carbonyl (C=O) groups excluding carboxylic acids is 2. The van der Waals surface area contributed by atoms with E-state index in [-0.39, 0.29) is 5.91 Å². The van der Waals surface area contributed by atoms with Gasteiger partial charge in [0, 0.05) is 25.2 Å². The van der Waals surface area contributed by atoms with Crippen molar-refractivity contribution in [3.8, 4) is 0 Å². The monoisotopic (exact) mass is 207 g/mol. The van der Waals surface area contributed by atoms with Crippen LogP contribution in [0.1, 0.15) is 13.3 Å². The van der Waals surface area contributed by atoms with Crippen molar-refractivity contribution in [3.05, 3.63) is 36.0 Å². The summed E-state index contributed by atoms with van der Waals surface area (Å²) in [5, 5.41) is 0. The summed E-state index contributed by atoms with van der Waals surface area (Å²) in [4.78, 5) is 24.0. The topological polar surface area (TPSA) is 37.4 Å². The molecule has 0 rings (SSSR count). The Bertz CT molecular complexity index is 312. The third-order valence-corrected chi connectivity index (χ3v) is 1.78. The maximum atomic E-state index is 11.7. The summed E-state index contributed by atoms with van der Waals surface area (Å²) in [6.45, 7) is 5.44. The standard InChI is InChI=1S/C12H17NO2/c1-5-7-10(9-14)11(8-6-2)12(15)13(3)4/h6-9H,2,5H2,1,3-4H3/b10-7-,11-8+. The summed E-state index contributed by atoms with van der Waals surface area (Å²) < 4.78 is 0. The second kappa shape index (κ2) is 6.76. The van der Waals surface area contributed by atoms with Gasteiger partial charge in [0.1, 0.15) is 0 Å². The van der Waals surface area contributed by atoms with Crippen molar-refractivity contribution in [1.82, 2.24) is 4.90 Å². The number of likely N-dealkylation sites (N-methyl/N-ethyl adjacent to an activating group) is 1. The third-order valence-electron chi connectivity index (χ3n) is 1.78. The molecule has 0 heterocycles. The molecule has 0 bridgehead atoms. The minimum atomic E-state index is -0.193. The summed E-state index contributed by atoms with van der Waals surface area (Å²) in [5.74, 6) is -0.193. The molecule has 0 aliphatic carbocycles. The number of hydrogen-bond acceptors (Lipinski definition) is 2. The molecule has 0 aliphatic rings. The van der Waals surface area contributed by atoms with E-state index in [0.717, 1.165) is 0 Å². The van der Waals surface area contributed by atoms with Gasteiger partial charge in [-0.3, -0.25) is 9.59 Å². The highest BCUT2D eigenvalue weighted by Gasteiger charge is 2.14. The first-order valence-electron chi connectivity index (χ1n) is 4.78. The molecular weight excluding hydrogens is 190 g/mol. The van der Waals surface area contributed by atoms with Crippen LogP contribution in [0.3, 0.4) is 0 Å². The SMILES string of the molecule is C=C/C=C(C(=O)N(C)C)\C(C=O)=C/CC. The predicted molar refractivity (Wildman–Crippen MR) is 61.4 cm³/mol. The Balaban J connectivity index is 5.22. The number of nitrogens with zero attached hydrogens (tertiary/aromatic N) is 1. The van der Waals surface area contributed by atoms with E-state index < -0.39 is 0 Å². The van der Waals surface area contributed by atoms with Gasteiger partial charge in [-0.15, -0.1) is 0 Å². The lowest BCUT2D eigenvalue weighted by Gasteiger charge is -2.13. The van der Waals surface area contributed by atoms with Gasteiger partial charge in [0.2, 0.25) is 0 Å². The van der Waals surface area contributed by atoms with E-state index in [0.29, 0.717) is 23.9 Å². The molecule has 15 heavy (non-hydrogen) atoms. The maximum absolute atomic E-state index is 11.7. The van der Waals surface area contributed by atoms with Crippen LogP contribution < -0.4 is 0 Å². The number of allylic oxidation sites excluding steroid dienone is 3. The zero-order chi connectivity index (χ0) is 11.8. The number of hydrogen-bond donors (Lipinski definition) is 0. The molecule has 3 nitrogen and oxygen atoms in total. The number of rotatable bonds is 5. The van der Waals surface area contributed by atoms with E-state index in [1.54, 1.807) is 26.2 Å². The zero-order valence-electron chi connectivity index (χ0n) is 9.49. The van der Waals surface area contributed by atoms with Crippen LogP contribution in [0.4, 0.5) is 0 Å². The van der Waals surface area contributed by atoms with Crippen LogP contribution in [0.5, 0.6) is 0 Å². The molecule has 0 radical (unpaired) electrons. The molecule has 0 fully saturated rings. The highest BCUT2D eigenvalue weighted by atomic mass is 16.2. The van der Waals surface area contributed by atoms with Gasteiger partial charge in [-0.25, -0.2) is 0 Å². The van der Waals surface area contributed by atoms with Crippen molar-refractivity contribution >= 4 is 12.2 Å². The van der Waals surface area contributed by atoms with E-state index in [4.69, 9.17) is 0 Å². The Morgan fingerprint density at radius 3 is 2.33 bits per heavy atom. The molecule has 0 unspecified atom stereocenters. The highest BCUT2D eigenvalue weighted by molar-refractivity contribution is 6.04. The Morgan fingerprint density at radius 1 is 1.40 bits per heavy atom.